The van der Waals surface area contributed by atoms with Crippen molar-refractivity contribution in [1.82, 2.24) is 10.6 Å². The molecule has 0 bridgehead atoms. The van der Waals surface area contributed by atoms with Crippen molar-refractivity contribution < 1.29 is 111 Å². The van der Waals surface area contributed by atoms with Crippen LogP contribution in [-0.4, -0.2) is 181 Å². The van der Waals surface area contributed by atoms with Crippen molar-refractivity contribution in [2.45, 2.75) is 334 Å². The van der Waals surface area contributed by atoms with E-state index >= 15 is 0 Å². The number of halogens is 3. The summed E-state index contributed by atoms with van der Waals surface area (Å²) in [5, 5.41) is 24.3. The van der Waals surface area contributed by atoms with E-state index in [0.717, 1.165) is 103 Å². The van der Waals surface area contributed by atoms with E-state index in [9.17, 15) is 77.4 Å². The van der Waals surface area contributed by atoms with Gasteiger partial charge >= 0.3 is 30.5 Å². The Morgan fingerprint density at radius 3 is 0.992 bits per heavy atom. The first kappa shape index (κ1) is 125. The Morgan fingerprint density at radius 1 is 0.431 bits per heavy atom. The lowest BCUT2D eigenvalue weighted by Crippen LogP contribution is -2.33. The number of alkyl halides is 2. The van der Waals surface area contributed by atoms with E-state index in [2.05, 4.69) is 39.0 Å². The molecular weight excluding hydrogens is 1820 g/mol. The van der Waals surface area contributed by atoms with Gasteiger partial charge in [0.15, 0.2) is 11.6 Å². The average molecular weight is 1980 g/mol. The highest BCUT2D eigenvalue weighted by Gasteiger charge is 2.33. The first-order valence-electron chi connectivity index (χ1n) is 43.6. The van der Waals surface area contributed by atoms with Gasteiger partial charge in [-0.05, 0) is 240 Å². The minimum Gasteiger partial charge on any atom is -0.466 e. The fourth-order valence-electron chi connectivity index (χ4n) is 13.1. The summed E-state index contributed by atoms with van der Waals surface area (Å²) in [7, 11) is -13.6. The summed E-state index contributed by atoms with van der Waals surface area (Å²) in [6, 6.07) is 26.7. The average Bonchev–Trinajstić information content (AvgIpc) is 1.05. The number of hydrogen-bond donors (Lipinski definition) is 10. The smallest absolute Gasteiger partial charge is 0.466 e. The quantitative estimate of drug-likeness (QED) is 0.00871. The number of nitrogens with one attached hydrogen (secondary N) is 6. The van der Waals surface area contributed by atoms with Crippen molar-refractivity contribution in [2.75, 3.05) is 70.2 Å². The number of amides is 2. The summed E-state index contributed by atoms with van der Waals surface area (Å²) >= 11 is 9.53. The molecule has 130 heavy (non-hydrogen) atoms. The molecule has 2 atom stereocenters. The summed E-state index contributed by atoms with van der Waals surface area (Å²) in [6.45, 7) is 27.4. The Bertz CT molecular complexity index is 4390. The van der Waals surface area contributed by atoms with E-state index in [0.29, 0.717) is 103 Å². The number of benzene rings is 4. The molecule has 4 aromatic carbocycles. The molecule has 0 radical (unpaired) electrons. The predicted octanol–water partition coefficient (Wildman–Crippen LogP) is 19.4. The highest BCUT2D eigenvalue weighted by atomic mass is 35.5. The van der Waals surface area contributed by atoms with Crippen molar-refractivity contribution in [3.8, 4) is 0 Å². The second-order valence-corrected chi connectivity index (χ2v) is 43.5. The van der Waals surface area contributed by atoms with Gasteiger partial charge in [-0.15, -0.1) is 35.6 Å². The third-order valence-electron chi connectivity index (χ3n) is 19.0. The first-order valence-corrected chi connectivity index (χ1v) is 50.8. The van der Waals surface area contributed by atoms with Gasteiger partial charge in [0.2, 0.25) is 40.1 Å². The molecule has 5 fully saturated rings. The first-order chi connectivity index (χ1) is 59.4. The van der Waals surface area contributed by atoms with Gasteiger partial charge in [0, 0.05) is 79.9 Å². The second-order valence-electron chi connectivity index (χ2n) is 34.8. The van der Waals surface area contributed by atoms with E-state index < -0.39 is 99.2 Å². The number of sulfonamides is 4. The van der Waals surface area contributed by atoms with Crippen molar-refractivity contribution in [2.24, 2.45) is 11.5 Å². The number of ether oxygens (including phenoxy) is 7. The maximum Gasteiger partial charge on any atom is 0.519 e. The number of aliphatic hydroxyl groups is 2. The number of carbonyl (C=O) groups is 7. The normalized spacial score (nSPS) is 15.5. The van der Waals surface area contributed by atoms with Crippen LogP contribution in [0.25, 0.3) is 0 Å². The Kier molecular flexibility index (Phi) is 61.1. The number of alkyl carbamates (subject to hydrolysis) is 2. The van der Waals surface area contributed by atoms with E-state index in [4.69, 9.17) is 58.4 Å². The number of hydrogen-bond acceptors (Lipinski definition) is 26. The molecule has 32 nitrogen and oxygen atoms in total. The Hall–Kier alpha value is -7.36. The molecule has 9 rings (SSSR count). The number of Topliss-reactive ketones (excluding diaryl/α,β-unsaturated/α-hetero) is 2. The van der Waals surface area contributed by atoms with Crippen LogP contribution in [0, 0.1) is 0 Å². The standard InChI is InChI=1S/C20H32N2O5S.C20H30N2O5S.C15H24N2O3S.C15H22N2O3S.C10H18O5.C4H8O2.C4H8O.CH2Cl2.2CH4.ClH/c2*1-20(2,3)27-19(24)21-13-12-18(23)15-8-7-9-16(14-15)22-28(25,26)17-10-5-4-6-11-17;2*16-10-9-15(18)12-5-4-6-13(11-12)17-21(19,20)14-7-2-1-3-8-14;1-9(2,3)14-7(11)13-8(12)15-10(4,5)6;1-3-6-4(2)5;1-2-4-5-3-1;2-1-3;;;/h7-9,14,17-18,22-23H,4-6,10-13H2,1-3H3,(H,21,24);7-9,14,17,22H,4-6,10-13H2,1-3H3,(H,21,24);4-6,11,14-15,17-18H,1-3,7-10,16H2;4-6,11,14,17H,1-3,7-10,16H2;1-6H3;3H2,1-2H3;1-4H2;1H2;2*1H4;1H. The van der Waals surface area contributed by atoms with Crippen LogP contribution in [0.1, 0.15) is 323 Å². The van der Waals surface area contributed by atoms with Crippen LogP contribution in [0.2, 0.25) is 0 Å². The number of aliphatic hydroxyl groups excluding tert-OH is 2. The van der Waals surface area contributed by atoms with Crippen molar-refractivity contribution >= 4 is 140 Å². The zero-order chi connectivity index (χ0) is 95.7. The van der Waals surface area contributed by atoms with Gasteiger partial charge in [0.1, 0.15) is 22.4 Å². The molecule has 4 aromatic rings. The zero-order valence-electron chi connectivity index (χ0n) is 77.1. The molecule has 1 heterocycles. The Morgan fingerprint density at radius 2 is 0.723 bits per heavy atom. The van der Waals surface area contributed by atoms with E-state index in [1.54, 1.807) is 181 Å². The van der Waals surface area contributed by atoms with Gasteiger partial charge in [0.05, 0.1) is 45.2 Å². The van der Waals surface area contributed by atoms with Crippen LogP contribution in [0.3, 0.4) is 0 Å². The predicted molar refractivity (Wildman–Crippen MR) is 520 cm³/mol. The molecular formula is C91H153Cl3N8O24S4. The summed E-state index contributed by atoms with van der Waals surface area (Å²) in [5.41, 5.74) is 12.2. The molecule has 2 amide bonds. The molecule has 39 heteroatoms. The Labute approximate surface area is 791 Å². The third-order valence-corrected chi connectivity index (χ3v) is 26.4. The summed E-state index contributed by atoms with van der Waals surface area (Å²) in [4.78, 5) is 79.3. The lowest BCUT2D eigenvalue weighted by atomic mass is 10.0. The van der Waals surface area contributed by atoms with Crippen LogP contribution in [-0.2, 0) is 78.0 Å². The van der Waals surface area contributed by atoms with E-state index in [-0.39, 0.29) is 110 Å². The fraction of sp³-hybridized carbons (Fsp3) is 0.659. The molecule has 1 saturated heterocycles. The molecule has 4 aliphatic carbocycles. The van der Waals surface area contributed by atoms with Gasteiger partial charge in [-0.25, -0.2) is 52.8 Å². The molecule has 12 N–H and O–H groups in total. The van der Waals surface area contributed by atoms with Gasteiger partial charge in [-0.1, -0.05) is 140 Å². The van der Waals surface area contributed by atoms with E-state index in [1.165, 1.54) is 25.8 Å². The SMILES string of the molecule is C.C.C1CCOC1.CC(C)(C)OC(=O)NCCC(=O)c1cccc(NS(=O)(=O)C2CCCCC2)c1.CC(C)(C)OC(=O)NCCC(O)c1cccc(NS(=O)(=O)C2CCCCC2)c1.CC(C)(C)OC(=O)OC(=O)OC(C)(C)C.CCOC(C)=O.Cl.ClCCl.NCCC(=O)c1cccc(NS(=O)(=O)C2CCCCC2)c1.NCCC(O)c1cccc(NS(=O)(=O)C2CCCCC2)c1. The molecule has 2 unspecified atom stereocenters. The molecule has 1 aliphatic heterocycles. The van der Waals surface area contributed by atoms with Crippen LogP contribution >= 0.6 is 35.6 Å². The summed E-state index contributed by atoms with van der Waals surface area (Å²) < 4.78 is 144. The molecule has 0 spiro atoms. The molecule has 0 aromatic heterocycles. The maximum atomic E-state index is 12.6. The van der Waals surface area contributed by atoms with Crippen molar-refractivity contribution in [3.63, 3.8) is 0 Å². The minimum atomic E-state index is -3.46. The number of esters is 1. The zero-order valence-corrected chi connectivity index (χ0v) is 82.7. The van der Waals surface area contributed by atoms with Crippen LogP contribution in [0.15, 0.2) is 97.1 Å². The van der Waals surface area contributed by atoms with Crippen molar-refractivity contribution in [3.05, 3.63) is 119 Å². The number of nitrogens with two attached hydrogens (primary N) is 2. The number of ketones is 2. The van der Waals surface area contributed by atoms with Gasteiger partial charge in [0.25, 0.3) is 0 Å². The number of carbonyl (C=O) groups excluding carboxylic acids is 7. The van der Waals surface area contributed by atoms with E-state index in [1.807, 2.05) is 0 Å². The fourth-order valence-corrected chi connectivity index (χ4v) is 19.4. The maximum absolute atomic E-state index is 12.6. The van der Waals surface area contributed by atoms with Crippen LogP contribution in [0.5, 0.6) is 0 Å². The Balaban J connectivity index is 0. The highest BCUT2D eigenvalue weighted by Crippen LogP contribution is 2.32. The third kappa shape index (κ3) is 56.6. The highest BCUT2D eigenvalue weighted by molar-refractivity contribution is 7.94. The minimum absolute atomic E-state index is 0. The van der Waals surface area contributed by atoms with Gasteiger partial charge < -0.3 is 65.5 Å². The lowest BCUT2D eigenvalue weighted by molar-refractivity contribution is -0.140. The monoisotopic (exact) mass is 1970 g/mol. The van der Waals surface area contributed by atoms with Gasteiger partial charge in [-0.2, -0.15) is 0 Å². The summed E-state index contributed by atoms with van der Waals surface area (Å²) in [6.07, 6.45) is 16.5. The second kappa shape index (κ2) is 63.8. The number of anilines is 4. The van der Waals surface area contributed by atoms with Crippen LogP contribution in [0.4, 0.5) is 41.9 Å². The summed E-state index contributed by atoms with van der Waals surface area (Å²) in [5.74, 6) is -0.469. The van der Waals surface area contributed by atoms with Crippen LogP contribution < -0.4 is 41.0 Å². The molecule has 5 aliphatic rings. The molecule has 4 saturated carbocycles. The van der Waals surface area contributed by atoms with Crippen molar-refractivity contribution in [1.29, 1.82) is 0 Å². The topological polar surface area (TPSA) is 485 Å². The van der Waals surface area contributed by atoms with Gasteiger partial charge in [-0.3, -0.25) is 33.3 Å². The number of rotatable bonds is 27. The molecule has 746 valence electrons. The lowest BCUT2D eigenvalue weighted by Gasteiger charge is -2.23. The largest absolute Gasteiger partial charge is 0.519 e.